The van der Waals surface area contributed by atoms with E-state index in [1.165, 1.54) is 16.6 Å². The summed E-state index contributed by atoms with van der Waals surface area (Å²) >= 11 is 0. The van der Waals surface area contributed by atoms with Crippen molar-refractivity contribution in [3.8, 4) is 0 Å². The summed E-state index contributed by atoms with van der Waals surface area (Å²) in [6, 6.07) is 6.51. The van der Waals surface area contributed by atoms with Crippen LogP contribution in [0.2, 0.25) is 0 Å². The van der Waals surface area contributed by atoms with Gasteiger partial charge in [-0.15, -0.1) is 0 Å². The van der Waals surface area contributed by atoms with Crippen LogP contribution < -0.4 is 5.46 Å². The lowest BCUT2D eigenvalue weighted by molar-refractivity contribution is -0.0132. The molecule has 0 spiro atoms. The van der Waals surface area contributed by atoms with Gasteiger partial charge in [0, 0.05) is 6.61 Å². The molecule has 0 N–H and O–H groups in total. The third kappa shape index (κ3) is 2.39. The fourth-order valence-electron chi connectivity index (χ4n) is 1.82. The summed E-state index contributed by atoms with van der Waals surface area (Å²) in [6.45, 7) is 9.15. The van der Waals surface area contributed by atoms with Gasteiger partial charge >= 0.3 is 0 Å². The van der Waals surface area contributed by atoms with Crippen LogP contribution in [-0.4, -0.2) is 14.5 Å². The summed E-state index contributed by atoms with van der Waals surface area (Å²) in [4.78, 5) is 0. The van der Waals surface area contributed by atoms with Gasteiger partial charge in [-0.1, -0.05) is 29.2 Å². The highest BCUT2D eigenvalue weighted by Crippen LogP contribution is 2.23. The lowest BCUT2D eigenvalue weighted by Gasteiger charge is -2.27. The maximum atomic E-state index is 5.75. The lowest BCUT2D eigenvalue weighted by Crippen LogP contribution is -2.29. The van der Waals surface area contributed by atoms with Gasteiger partial charge in [-0.2, -0.15) is 0 Å². The zero-order valence-corrected chi connectivity index (χ0v) is 9.85. The first-order chi connectivity index (χ1) is 6.47. The quantitative estimate of drug-likeness (QED) is 0.656. The van der Waals surface area contributed by atoms with Crippen LogP contribution in [0.5, 0.6) is 0 Å². The van der Waals surface area contributed by atoms with E-state index >= 15 is 0 Å². The molecular weight excluding hydrogens is 171 g/mol. The number of hydrogen-bond acceptors (Lipinski definition) is 1. The van der Waals surface area contributed by atoms with E-state index in [-0.39, 0.29) is 5.60 Å². The van der Waals surface area contributed by atoms with Crippen LogP contribution in [0.4, 0.5) is 0 Å². The molecular formula is C12H19BO. The molecule has 0 unspecified atom stereocenters. The Morgan fingerprint density at radius 1 is 1.36 bits per heavy atom. The Morgan fingerprint density at radius 3 is 2.57 bits per heavy atom. The second kappa shape index (κ2) is 4.18. The normalized spacial score (nSPS) is 11.7. The Morgan fingerprint density at radius 2 is 2.00 bits per heavy atom. The predicted octanol–water partition coefficient (Wildman–Crippen LogP) is 1.53. The second-order valence-corrected chi connectivity index (χ2v) is 4.26. The number of aryl methyl sites for hydroxylation is 1. The van der Waals surface area contributed by atoms with E-state index in [2.05, 4.69) is 46.8 Å². The van der Waals surface area contributed by atoms with Gasteiger partial charge in [0.2, 0.25) is 0 Å². The SMILES string of the molecule is Bc1ccc(C)cc1C(C)(C)OCC. The standard InChI is InChI=1S/C12H19BO/c1-5-14-12(3,4)10-8-9(2)6-7-11(10)13/h6-8H,5,13H2,1-4H3. The van der Waals surface area contributed by atoms with Crippen molar-refractivity contribution >= 4 is 13.3 Å². The Bertz CT molecular complexity index is 318. The van der Waals surface area contributed by atoms with Crippen LogP contribution >= 0.6 is 0 Å². The zero-order chi connectivity index (χ0) is 10.8. The highest BCUT2D eigenvalue weighted by atomic mass is 16.5. The van der Waals surface area contributed by atoms with Crippen molar-refractivity contribution in [1.82, 2.24) is 0 Å². The first-order valence-electron chi connectivity index (χ1n) is 5.19. The molecule has 1 aromatic carbocycles. The van der Waals surface area contributed by atoms with Crippen LogP contribution in [-0.2, 0) is 10.3 Å². The van der Waals surface area contributed by atoms with Gasteiger partial charge in [0.05, 0.1) is 5.60 Å². The lowest BCUT2D eigenvalue weighted by atomic mass is 9.82. The number of ether oxygens (including phenoxy) is 1. The Hall–Kier alpha value is -0.755. The van der Waals surface area contributed by atoms with E-state index < -0.39 is 0 Å². The second-order valence-electron chi connectivity index (χ2n) is 4.26. The first-order valence-corrected chi connectivity index (χ1v) is 5.19. The molecule has 0 amide bonds. The third-order valence-corrected chi connectivity index (χ3v) is 2.55. The highest BCUT2D eigenvalue weighted by molar-refractivity contribution is 6.33. The molecule has 1 nitrogen and oxygen atoms in total. The van der Waals surface area contributed by atoms with Crippen molar-refractivity contribution in [1.29, 1.82) is 0 Å². The van der Waals surface area contributed by atoms with E-state index in [9.17, 15) is 0 Å². The summed E-state index contributed by atoms with van der Waals surface area (Å²) in [5, 5.41) is 0. The minimum absolute atomic E-state index is 0.176. The topological polar surface area (TPSA) is 9.23 Å². The van der Waals surface area contributed by atoms with Crippen LogP contribution in [0.1, 0.15) is 31.9 Å². The number of hydrogen-bond donors (Lipinski definition) is 0. The summed E-state index contributed by atoms with van der Waals surface area (Å²) < 4.78 is 5.75. The molecule has 1 rings (SSSR count). The number of benzene rings is 1. The fraction of sp³-hybridized carbons (Fsp3) is 0.500. The van der Waals surface area contributed by atoms with Crippen molar-refractivity contribution in [2.24, 2.45) is 0 Å². The van der Waals surface area contributed by atoms with Crippen molar-refractivity contribution in [2.45, 2.75) is 33.3 Å². The summed E-state index contributed by atoms with van der Waals surface area (Å²) in [5.41, 5.74) is 3.71. The smallest absolute Gasteiger partial charge is 0.139 e. The Labute approximate surface area is 87.9 Å². The molecule has 0 bridgehead atoms. The van der Waals surface area contributed by atoms with E-state index in [0.717, 1.165) is 6.61 Å². The minimum Gasteiger partial charge on any atom is -0.371 e. The van der Waals surface area contributed by atoms with Crippen LogP contribution in [0.15, 0.2) is 18.2 Å². The average Bonchev–Trinajstić information content (AvgIpc) is 2.09. The first kappa shape index (κ1) is 11.3. The van der Waals surface area contributed by atoms with Gasteiger partial charge in [0.1, 0.15) is 7.85 Å². The van der Waals surface area contributed by atoms with Gasteiger partial charge in [-0.3, -0.25) is 0 Å². The van der Waals surface area contributed by atoms with Crippen LogP contribution in [0, 0.1) is 6.92 Å². The van der Waals surface area contributed by atoms with E-state index in [1.54, 1.807) is 0 Å². The zero-order valence-electron chi connectivity index (χ0n) is 9.85. The molecule has 0 aliphatic heterocycles. The molecule has 0 saturated carbocycles. The van der Waals surface area contributed by atoms with Crippen LogP contribution in [0.25, 0.3) is 0 Å². The number of rotatable bonds is 3. The molecule has 76 valence electrons. The molecule has 0 fully saturated rings. The van der Waals surface area contributed by atoms with E-state index in [4.69, 9.17) is 4.74 Å². The van der Waals surface area contributed by atoms with Crippen LogP contribution in [0.3, 0.4) is 0 Å². The molecule has 0 atom stereocenters. The maximum Gasteiger partial charge on any atom is 0.139 e. The monoisotopic (exact) mass is 190 g/mol. The van der Waals surface area contributed by atoms with Gasteiger partial charge in [-0.05, 0) is 33.3 Å². The fourth-order valence-corrected chi connectivity index (χ4v) is 1.82. The van der Waals surface area contributed by atoms with E-state index in [0.29, 0.717) is 0 Å². The molecule has 0 aliphatic carbocycles. The van der Waals surface area contributed by atoms with Crippen molar-refractivity contribution < 1.29 is 4.74 Å². The molecule has 0 aliphatic rings. The molecule has 0 saturated heterocycles. The molecule has 0 aromatic heterocycles. The molecule has 0 radical (unpaired) electrons. The van der Waals surface area contributed by atoms with E-state index in [1.807, 2.05) is 6.92 Å². The molecule has 0 heterocycles. The maximum absolute atomic E-state index is 5.75. The largest absolute Gasteiger partial charge is 0.371 e. The molecule has 2 heteroatoms. The Balaban J connectivity index is 3.10. The summed E-state index contributed by atoms with van der Waals surface area (Å²) in [7, 11) is 2.13. The van der Waals surface area contributed by atoms with Gasteiger partial charge in [-0.25, -0.2) is 0 Å². The Kier molecular flexibility index (Phi) is 3.38. The average molecular weight is 190 g/mol. The molecule has 14 heavy (non-hydrogen) atoms. The predicted molar refractivity (Wildman–Crippen MR) is 64.0 cm³/mol. The van der Waals surface area contributed by atoms with Crippen molar-refractivity contribution in [3.63, 3.8) is 0 Å². The minimum atomic E-state index is -0.176. The van der Waals surface area contributed by atoms with Gasteiger partial charge in [0.15, 0.2) is 0 Å². The van der Waals surface area contributed by atoms with Crippen molar-refractivity contribution in [2.75, 3.05) is 6.61 Å². The van der Waals surface area contributed by atoms with Gasteiger partial charge < -0.3 is 4.74 Å². The molecule has 1 aromatic rings. The van der Waals surface area contributed by atoms with Crippen molar-refractivity contribution in [3.05, 3.63) is 29.3 Å². The highest BCUT2D eigenvalue weighted by Gasteiger charge is 2.22. The third-order valence-electron chi connectivity index (χ3n) is 2.55. The summed E-state index contributed by atoms with van der Waals surface area (Å²) in [6.07, 6.45) is 0. The summed E-state index contributed by atoms with van der Waals surface area (Å²) in [5.74, 6) is 0. The van der Waals surface area contributed by atoms with Gasteiger partial charge in [0.25, 0.3) is 0 Å².